The molecule has 0 spiro atoms. The second-order valence-corrected chi connectivity index (χ2v) is 4.31. The topological polar surface area (TPSA) is 36.7 Å². The van der Waals surface area contributed by atoms with Gasteiger partial charge in [-0.1, -0.05) is 31.4 Å². The van der Waals surface area contributed by atoms with Crippen molar-refractivity contribution < 1.29 is 0 Å². The molecule has 1 aromatic heterocycles. The minimum atomic E-state index is 0.574. The first-order chi connectivity index (χ1) is 7.90. The molecule has 0 amide bonds. The lowest BCUT2D eigenvalue weighted by Gasteiger charge is -2.18. The maximum absolute atomic E-state index is 9.15. The Morgan fingerprint density at radius 3 is 2.75 bits per heavy atom. The van der Waals surface area contributed by atoms with Gasteiger partial charge in [-0.2, -0.15) is 5.26 Å². The summed E-state index contributed by atoms with van der Waals surface area (Å²) in [7, 11) is 0. The number of aromatic nitrogens is 1. The highest BCUT2D eigenvalue weighted by Crippen LogP contribution is 2.27. The Hall–Kier alpha value is -1.62. The van der Waals surface area contributed by atoms with Crippen LogP contribution in [-0.2, 0) is 0 Å². The molecule has 0 bridgehead atoms. The van der Waals surface area contributed by atoms with Gasteiger partial charge in [0, 0.05) is 6.20 Å². The second kappa shape index (κ2) is 5.46. The highest BCUT2D eigenvalue weighted by atomic mass is 14.7. The minimum absolute atomic E-state index is 0.574. The molecule has 82 valence electrons. The lowest BCUT2D eigenvalue weighted by atomic mass is 9.87. The Bertz CT molecular complexity index is 394. The van der Waals surface area contributed by atoms with Crippen molar-refractivity contribution in [1.82, 2.24) is 4.98 Å². The summed E-state index contributed by atoms with van der Waals surface area (Å²) in [6.07, 6.45) is 10.2. The van der Waals surface area contributed by atoms with Crippen molar-refractivity contribution >= 4 is 5.57 Å². The standard InChI is InChI=1S/C14H16N2/c15-11-13(14-8-4-5-9-16-14)10-12-6-2-1-3-7-12/h4-5,8-10,12H,1-3,6-7H2/b13-10-. The summed E-state index contributed by atoms with van der Waals surface area (Å²) < 4.78 is 0. The van der Waals surface area contributed by atoms with E-state index in [2.05, 4.69) is 17.1 Å². The van der Waals surface area contributed by atoms with Crippen LogP contribution in [0.2, 0.25) is 0 Å². The number of rotatable bonds is 2. The van der Waals surface area contributed by atoms with Crippen molar-refractivity contribution in [3.8, 4) is 6.07 Å². The Morgan fingerprint density at radius 1 is 1.31 bits per heavy atom. The van der Waals surface area contributed by atoms with Crippen LogP contribution in [0.4, 0.5) is 0 Å². The van der Waals surface area contributed by atoms with Gasteiger partial charge in [0.25, 0.3) is 0 Å². The van der Waals surface area contributed by atoms with Gasteiger partial charge in [0.2, 0.25) is 0 Å². The molecule has 1 saturated carbocycles. The number of hydrogen-bond acceptors (Lipinski definition) is 2. The number of nitriles is 1. The fourth-order valence-corrected chi connectivity index (χ4v) is 2.24. The maximum Gasteiger partial charge on any atom is 0.101 e. The SMILES string of the molecule is N#C/C(=C/C1CCCCC1)c1ccccn1. The summed E-state index contributed by atoms with van der Waals surface area (Å²) in [5.74, 6) is 0.574. The van der Waals surface area contributed by atoms with Gasteiger partial charge < -0.3 is 0 Å². The third-order valence-corrected chi connectivity index (χ3v) is 3.11. The van der Waals surface area contributed by atoms with Crippen LogP contribution in [-0.4, -0.2) is 4.98 Å². The van der Waals surface area contributed by atoms with Gasteiger partial charge in [0.1, 0.15) is 6.07 Å². The van der Waals surface area contributed by atoms with Crippen LogP contribution < -0.4 is 0 Å². The summed E-state index contributed by atoms with van der Waals surface area (Å²) in [4.78, 5) is 4.22. The summed E-state index contributed by atoms with van der Waals surface area (Å²) in [6, 6.07) is 7.96. The van der Waals surface area contributed by atoms with Crippen LogP contribution in [0.25, 0.3) is 5.57 Å². The van der Waals surface area contributed by atoms with Crippen molar-refractivity contribution in [2.45, 2.75) is 32.1 Å². The Kier molecular flexibility index (Phi) is 3.71. The Balaban J connectivity index is 2.16. The Morgan fingerprint density at radius 2 is 2.12 bits per heavy atom. The molecule has 2 nitrogen and oxygen atoms in total. The fourth-order valence-electron chi connectivity index (χ4n) is 2.24. The van der Waals surface area contributed by atoms with Crippen LogP contribution in [0.3, 0.4) is 0 Å². The largest absolute Gasteiger partial charge is 0.256 e. The molecule has 0 unspecified atom stereocenters. The van der Waals surface area contributed by atoms with Crippen LogP contribution in [0.15, 0.2) is 30.5 Å². The van der Waals surface area contributed by atoms with Crippen molar-refractivity contribution in [1.29, 1.82) is 5.26 Å². The predicted octanol–water partition coefficient (Wildman–Crippen LogP) is 3.57. The molecule has 0 aromatic carbocycles. The van der Waals surface area contributed by atoms with Crippen LogP contribution in [0.5, 0.6) is 0 Å². The van der Waals surface area contributed by atoms with Gasteiger partial charge in [-0.05, 0) is 30.9 Å². The molecule has 0 aliphatic heterocycles. The van der Waals surface area contributed by atoms with Crippen LogP contribution in [0, 0.1) is 17.2 Å². The number of hydrogen-bond donors (Lipinski definition) is 0. The predicted molar refractivity (Wildman–Crippen MR) is 64.4 cm³/mol. The second-order valence-electron chi connectivity index (χ2n) is 4.31. The van der Waals surface area contributed by atoms with E-state index in [0.717, 1.165) is 11.3 Å². The third-order valence-electron chi connectivity index (χ3n) is 3.11. The molecule has 1 fully saturated rings. The Labute approximate surface area is 96.6 Å². The summed E-state index contributed by atoms with van der Waals surface area (Å²) in [6.45, 7) is 0. The van der Waals surface area contributed by atoms with E-state index in [1.165, 1.54) is 32.1 Å². The summed E-state index contributed by atoms with van der Waals surface area (Å²) in [5, 5.41) is 9.15. The van der Waals surface area contributed by atoms with E-state index in [0.29, 0.717) is 5.92 Å². The first-order valence-corrected chi connectivity index (χ1v) is 5.93. The van der Waals surface area contributed by atoms with Crippen molar-refractivity contribution in [3.05, 3.63) is 36.2 Å². The van der Waals surface area contributed by atoms with Crippen molar-refractivity contribution in [3.63, 3.8) is 0 Å². The molecule has 0 saturated heterocycles. The molecule has 0 atom stereocenters. The van der Waals surface area contributed by atoms with E-state index in [4.69, 9.17) is 5.26 Å². The van der Waals surface area contributed by atoms with Crippen LogP contribution in [0.1, 0.15) is 37.8 Å². The zero-order valence-electron chi connectivity index (χ0n) is 9.39. The van der Waals surface area contributed by atoms with Gasteiger partial charge in [-0.15, -0.1) is 0 Å². The first-order valence-electron chi connectivity index (χ1n) is 5.93. The van der Waals surface area contributed by atoms with E-state index in [1.54, 1.807) is 6.20 Å². The molecule has 1 aliphatic carbocycles. The molecule has 2 heteroatoms. The van der Waals surface area contributed by atoms with E-state index >= 15 is 0 Å². The average molecular weight is 212 g/mol. The zero-order chi connectivity index (χ0) is 11.2. The van der Waals surface area contributed by atoms with Crippen molar-refractivity contribution in [2.24, 2.45) is 5.92 Å². The third kappa shape index (κ3) is 2.70. The van der Waals surface area contributed by atoms with E-state index in [1.807, 2.05) is 18.2 Å². The van der Waals surface area contributed by atoms with Gasteiger partial charge in [0.15, 0.2) is 0 Å². The average Bonchev–Trinajstić information content (AvgIpc) is 2.38. The molecule has 0 radical (unpaired) electrons. The first kappa shape index (κ1) is 10.9. The molecular weight excluding hydrogens is 196 g/mol. The lowest BCUT2D eigenvalue weighted by molar-refractivity contribution is 0.420. The van der Waals surface area contributed by atoms with Gasteiger partial charge >= 0.3 is 0 Å². The normalized spacial score (nSPS) is 18.1. The number of nitrogens with zero attached hydrogens (tertiary/aromatic N) is 2. The fraction of sp³-hybridized carbons (Fsp3) is 0.429. The van der Waals surface area contributed by atoms with E-state index in [-0.39, 0.29) is 0 Å². The van der Waals surface area contributed by atoms with E-state index < -0.39 is 0 Å². The molecular formula is C14H16N2. The minimum Gasteiger partial charge on any atom is -0.256 e. The smallest absolute Gasteiger partial charge is 0.101 e. The molecule has 1 aliphatic rings. The van der Waals surface area contributed by atoms with Crippen molar-refractivity contribution in [2.75, 3.05) is 0 Å². The van der Waals surface area contributed by atoms with Crippen LogP contribution >= 0.6 is 0 Å². The molecule has 16 heavy (non-hydrogen) atoms. The summed E-state index contributed by atoms with van der Waals surface area (Å²) >= 11 is 0. The number of pyridine rings is 1. The van der Waals surface area contributed by atoms with E-state index in [9.17, 15) is 0 Å². The maximum atomic E-state index is 9.15. The summed E-state index contributed by atoms with van der Waals surface area (Å²) in [5.41, 5.74) is 1.53. The number of allylic oxidation sites excluding steroid dienone is 2. The highest BCUT2D eigenvalue weighted by molar-refractivity contribution is 5.74. The monoisotopic (exact) mass is 212 g/mol. The lowest BCUT2D eigenvalue weighted by Crippen LogP contribution is -2.03. The van der Waals surface area contributed by atoms with Gasteiger partial charge in [-0.3, -0.25) is 4.98 Å². The molecule has 1 heterocycles. The quantitative estimate of drug-likeness (QED) is 0.703. The molecule has 2 rings (SSSR count). The van der Waals surface area contributed by atoms with Gasteiger partial charge in [0.05, 0.1) is 11.3 Å². The van der Waals surface area contributed by atoms with Gasteiger partial charge in [-0.25, -0.2) is 0 Å². The zero-order valence-corrected chi connectivity index (χ0v) is 9.39. The highest BCUT2D eigenvalue weighted by Gasteiger charge is 2.12. The molecule has 1 aromatic rings. The molecule has 0 N–H and O–H groups in total.